The zero-order valence-corrected chi connectivity index (χ0v) is 12.5. The van der Waals surface area contributed by atoms with Crippen molar-refractivity contribution in [2.24, 2.45) is 5.92 Å². The van der Waals surface area contributed by atoms with Gasteiger partial charge >= 0.3 is 0 Å². The summed E-state index contributed by atoms with van der Waals surface area (Å²) in [6.07, 6.45) is -0.175. The van der Waals surface area contributed by atoms with Gasteiger partial charge < -0.3 is 20.0 Å². The molecule has 0 radical (unpaired) electrons. The second-order valence-electron chi connectivity index (χ2n) is 5.91. The van der Waals surface area contributed by atoms with Gasteiger partial charge in [0.2, 0.25) is 0 Å². The topological polar surface area (TPSA) is 98.9 Å². The van der Waals surface area contributed by atoms with Crippen LogP contribution in [-0.4, -0.2) is 81.0 Å². The fraction of sp³-hybridized carbons (Fsp3) is 0.643. The van der Waals surface area contributed by atoms with E-state index in [9.17, 15) is 14.7 Å². The van der Waals surface area contributed by atoms with Crippen LogP contribution >= 0.6 is 0 Å². The van der Waals surface area contributed by atoms with Gasteiger partial charge in [-0.15, -0.1) is 0 Å². The number of amides is 2. The fourth-order valence-electron chi connectivity index (χ4n) is 2.95. The van der Waals surface area contributed by atoms with Crippen LogP contribution in [0.1, 0.15) is 27.4 Å². The number of carbonyl (C=O) groups excluding carboxylic acids is 2. The van der Waals surface area contributed by atoms with Gasteiger partial charge in [0, 0.05) is 45.3 Å². The van der Waals surface area contributed by atoms with Crippen LogP contribution in [0.3, 0.4) is 0 Å². The van der Waals surface area contributed by atoms with Crippen molar-refractivity contribution in [1.82, 2.24) is 19.6 Å². The van der Waals surface area contributed by atoms with Gasteiger partial charge in [-0.2, -0.15) is 5.10 Å². The van der Waals surface area contributed by atoms with Crippen molar-refractivity contribution in [3.63, 3.8) is 0 Å². The molecule has 0 aliphatic carbocycles. The fourth-order valence-corrected chi connectivity index (χ4v) is 2.95. The summed E-state index contributed by atoms with van der Waals surface area (Å²) in [5.41, 5.74) is 0.649. The molecule has 22 heavy (non-hydrogen) atoms. The largest absolute Gasteiger partial charge is 0.396 e. The van der Waals surface area contributed by atoms with Crippen molar-refractivity contribution < 1.29 is 19.8 Å². The Balaban J connectivity index is 1.77. The number of piperidine rings is 1. The summed E-state index contributed by atoms with van der Waals surface area (Å²) in [4.78, 5) is 27.7. The molecule has 1 aromatic rings. The van der Waals surface area contributed by atoms with Crippen molar-refractivity contribution in [2.75, 3.05) is 33.3 Å². The lowest BCUT2D eigenvalue weighted by atomic mass is 9.94. The highest BCUT2D eigenvalue weighted by molar-refractivity contribution is 5.98. The molecule has 8 heteroatoms. The summed E-state index contributed by atoms with van der Waals surface area (Å²) in [5, 5.41) is 23.3. The monoisotopic (exact) mass is 308 g/mol. The summed E-state index contributed by atoms with van der Waals surface area (Å²) < 4.78 is 1.56. The van der Waals surface area contributed by atoms with Gasteiger partial charge in [-0.05, 0) is 6.42 Å². The second kappa shape index (κ2) is 5.69. The predicted octanol–water partition coefficient (Wildman–Crippen LogP) is -1.22. The highest BCUT2D eigenvalue weighted by Crippen LogP contribution is 2.20. The number of aliphatic hydroxyl groups excluding tert-OH is 2. The zero-order chi connectivity index (χ0) is 15.9. The van der Waals surface area contributed by atoms with Crippen LogP contribution in [0.4, 0.5) is 0 Å². The number of likely N-dealkylation sites (tertiary alicyclic amines) is 1. The van der Waals surface area contributed by atoms with Gasteiger partial charge in [0.1, 0.15) is 5.69 Å². The van der Waals surface area contributed by atoms with Gasteiger partial charge in [-0.1, -0.05) is 0 Å². The van der Waals surface area contributed by atoms with Gasteiger partial charge in [-0.3, -0.25) is 14.3 Å². The maximum absolute atomic E-state index is 12.5. The van der Waals surface area contributed by atoms with E-state index in [0.29, 0.717) is 31.7 Å². The van der Waals surface area contributed by atoms with Crippen molar-refractivity contribution in [2.45, 2.75) is 19.1 Å². The smallest absolute Gasteiger partial charge is 0.274 e. The van der Waals surface area contributed by atoms with Gasteiger partial charge in [0.15, 0.2) is 5.69 Å². The van der Waals surface area contributed by atoms with E-state index in [1.165, 1.54) is 11.0 Å². The Hall–Kier alpha value is -1.93. The first-order valence-electron chi connectivity index (χ1n) is 7.42. The normalized spacial score (nSPS) is 25.3. The highest BCUT2D eigenvalue weighted by atomic mass is 16.3. The van der Waals surface area contributed by atoms with Gasteiger partial charge in [0.25, 0.3) is 11.8 Å². The standard InChI is InChI=1S/C14H20N4O4/c1-16-4-5-18-11(14(16)22)6-10(15-18)13(21)17-3-2-9(8-19)12(20)7-17/h6,9,12,19-20H,2-5,7-8H2,1H3/t9-,12+/m1/s1. The van der Waals surface area contributed by atoms with Crippen molar-refractivity contribution in [3.05, 3.63) is 17.5 Å². The second-order valence-corrected chi connectivity index (χ2v) is 5.91. The molecule has 3 rings (SSSR count). The molecular weight excluding hydrogens is 288 g/mol. The minimum Gasteiger partial charge on any atom is -0.396 e. The van der Waals surface area contributed by atoms with E-state index in [1.54, 1.807) is 16.6 Å². The third-order valence-electron chi connectivity index (χ3n) is 4.46. The Morgan fingerprint density at radius 3 is 2.86 bits per heavy atom. The van der Waals surface area contributed by atoms with Gasteiger partial charge in [0.05, 0.1) is 12.6 Å². The van der Waals surface area contributed by atoms with Gasteiger partial charge in [-0.25, -0.2) is 0 Å². The van der Waals surface area contributed by atoms with E-state index >= 15 is 0 Å². The third kappa shape index (κ3) is 2.48. The SMILES string of the molecule is CN1CCn2nc(C(=O)N3CC[C@H](CO)[C@@H](O)C3)cc2C1=O. The first kappa shape index (κ1) is 15.0. The number of rotatable bonds is 2. The molecule has 8 nitrogen and oxygen atoms in total. The molecule has 1 aromatic heterocycles. The Kier molecular flexibility index (Phi) is 3.88. The molecule has 2 N–H and O–H groups in total. The molecule has 2 aliphatic rings. The first-order valence-corrected chi connectivity index (χ1v) is 7.42. The number of fused-ring (bicyclic) bond motifs is 1. The average molecular weight is 308 g/mol. The van der Waals surface area contributed by atoms with E-state index in [-0.39, 0.29) is 36.6 Å². The van der Waals surface area contributed by atoms with Crippen molar-refractivity contribution in [1.29, 1.82) is 0 Å². The van der Waals surface area contributed by atoms with Crippen molar-refractivity contribution in [3.8, 4) is 0 Å². The number of β-amino-alcohol motifs (C(OH)–C–C–N with tert-alkyl or cyclic N) is 1. The maximum Gasteiger partial charge on any atom is 0.274 e. The van der Waals surface area contributed by atoms with E-state index in [4.69, 9.17) is 5.11 Å². The molecule has 2 amide bonds. The van der Waals surface area contributed by atoms with Crippen LogP contribution in [0.5, 0.6) is 0 Å². The Morgan fingerprint density at radius 2 is 2.18 bits per heavy atom. The molecule has 2 aliphatic heterocycles. The van der Waals surface area contributed by atoms with Crippen LogP contribution < -0.4 is 0 Å². The molecular formula is C14H20N4O4. The molecule has 0 aromatic carbocycles. The highest BCUT2D eigenvalue weighted by Gasteiger charge is 2.32. The predicted molar refractivity (Wildman–Crippen MR) is 76.3 cm³/mol. The number of hydrogen-bond acceptors (Lipinski definition) is 5. The third-order valence-corrected chi connectivity index (χ3v) is 4.46. The van der Waals surface area contributed by atoms with Crippen LogP contribution in [0.15, 0.2) is 6.07 Å². The number of carbonyl (C=O) groups is 2. The van der Waals surface area contributed by atoms with Crippen LogP contribution in [-0.2, 0) is 6.54 Å². The molecule has 3 heterocycles. The minimum atomic E-state index is -0.729. The molecule has 120 valence electrons. The van der Waals surface area contributed by atoms with Crippen molar-refractivity contribution >= 4 is 11.8 Å². The summed E-state index contributed by atoms with van der Waals surface area (Å²) in [6.45, 7) is 1.71. The molecule has 2 atom stereocenters. The Bertz CT molecular complexity index is 600. The lowest BCUT2D eigenvalue weighted by Gasteiger charge is -2.34. The lowest BCUT2D eigenvalue weighted by molar-refractivity contribution is 0.000627. The molecule has 0 unspecified atom stereocenters. The number of hydrogen-bond donors (Lipinski definition) is 2. The quantitative estimate of drug-likeness (QED) is 0.714. The van der Waals surface area contributed by atoms with E-state index in [1.807, 2.05) is 0 Å². The summed E-state index contributed by atoms with van der Waals surface area (Å²) in [5.74, 6) is -0.612. The first-order chi connectivity index (χ1) is 10.5. The summed E-state index contributed by atoms with van der Waals surface area (Å²) >= 11 is 0. The summed E-state index contributed by atoms with van der Waals surface area (Å²) in [6, 6.07) is 1.52. The maximum atomic E-state index is 12.5. The Labute approximate surface area is 127 Å². The van der Waals surface area contributed by atoms with E-state index in [0.717, 1.165) is 0 Å². The van der Waals surface area contributed by atoms with Crippen LogP contribution in [0, 0.1) is 5.92 Å². The van der Waals surface area contributed by atoms with Crippen LogP contribution in [0.2, 0.25) is 0 Å². The molecule has 0 saturated carbocycles. The molecule has 1 fully saturated rings. The number of likely N-dealkylation sites (N-methyl/N-ethyl adjacent to an activating group) is 1. The average Bonchev–Trinajstić information content (AvgIpc) is 2.95. The molecule has 0 bridgehead atoms. The lowest BCUT2D eigenvalue weighted by Crippen LogP contribution is -2.47. The minimum absolute atomic E-state index is 0.0805. The van der Waals surface area contributed by atoms with Crippen LogP contribution in [0.25, 0.3) is 0 Å². The van der Waals surface area contributed by atoms with E-state index in [2.05, 4.69) is 5.10 Å². The molecule has 0 spiro atoms. The Morgan fingerprint density at radius 1 is 1.41 bits per heavy atom. The number of aliphatic hydroxyl groups is 2. The molecule has 1 saturated heterocycles. The van der Waals surface area contributed by atoms with E-state index < -0.39 is 6.10 Å². The summed E-state index contributed by atoms with van der Waals surface area (Å²) in [7, 11) is 1.72. The zero-order valence-electron chi connectivity index (χ0n) is 12.5. The number of nitrogens with zero attached hydrogens (tertiary/aromatic N) is 4. The number of aromatic nitrogens is 2.